The van der Waals surface area contributed by atoms with E-state index in [-0.39, 0.29) is 18.4 Å². The summed E-state index contributed by atoms with van der Waals surface area (Å²) in [5, 5.41) is 4.80. The second-order valence-electron chi connectivity index (χ2n) is 5.67. The molecule has 0 aliphatic carbocycles. The number of carbonyl (C=O) groups excluding carboxylic acids is 2. The van der Waals surface area contributed by atoms with Crippen molar-refractivity contribution in [2.45, 2.75) is 6.92 Å². The Hall–Kier alpha value is -2.05. The van der Waals surface area contributed by atoms with Crippen LogP contribution in [0.25, 0.3) is 5.70 Å². The first-order chi connectivity index (χ1) is 12.0. The molecule has 4 nitrogen and oxygen atoms in total. The minimum absolute atomic E-state index is 0.00473. The maximum absolute atomic E-state index is 12.4. The number of nitrogens with one attached hydrogen (secondary N) is 1. The average molecular weight is 417 g/mol. The van der Waals surface area contributed by atoms with Crippen molar-refractivity contribution in [2.24, 2.45) is 0 Å². The van der Waals surface area contributed by atoms with Gasteiger partial charge < -0.3 is 10.2 Å². The van der Waals surface area contributed by atoms with Crippen LogP contribution in [0.3, 0.4) is 0 Å². The fourth-order valence-corrected chi connectivity index (χ4v) is 3.59. The van der Waals surface area contributed by atoms with Crippen molar-refractivity contribution in [2.75, 3.05) is 17.6 Å². The second kappa shape index (κ2) is 7.89. The summed E-state index contributed by atoms with van der Waals surface area (Å²) in [4.78, 5) is 26.3. The second-order valence-corrected chi connectivity index (χ2v) is 7.38. The van der Waals surface area contributed by atoms with E-state index in [4.69, 9.17) is 0 Å². The van der Waals surface area contributed by atoms with Gasteiger partial charge in [0.1, 0.15) is 6.54 Å². The van der Waals surface area contributed by atoms with E-state index in [1.54, 1.807) is 4.90 Å². The highest BCUT2D eigenvalue weighted by molar-refractivity contribution is 9.10. The Balaban J connectivity index is 1.75. The zero-order valence-corrected chi connectivity index (χ0v) is 16.1. The third kappa shape index (κ3) is 4.32. The van der Waals surface area contributed by atoms with Crippen molar-refractivity contribution in [1.29, 1.82) is 0 Å². The highest BCUT2D eigenvalue weighted by atomic mass is 79.9. The summed E-state index contributed by atoms with van der Waals surface area (Å²) in [6.45, 7) is 1.95. The predicted molar refractivity (Wildman–Crippen MR) is 106 cm³/mol. The highest BCUT2D eigenvalue weighted by Crippen LogP contribution is 2.28. The van der Waals surface area contributed by atoms with E-state index in [9.17, 15) is 9.59 Å². The first-order valence-electron chi connectivity index (χ1n) is 7.78. The first kappa shape index (κ1) is 17.8. The minimum Gasteiger partial charge on any atom is -0.325 e. The van der Waals surface area contributed by atoms with Crippen molar-refractivity contribution >= 4 is 50.9 Å². The Morgan fingerprint density at radius 2 is 2.00 bits per heavy atom. The molecule has 0 fully saturated rings. The molecule has 1 N–H and O–H groups in total. The summed E-state index contributed by atoms with van der Waals surface area (Å²) < 4.78 is 0.989. The third-order valence-electron chi connectivity index (χ3n) is 3.81. The van der Waals surface area contributed by atoms with Crippen molar-refractivity contribution < 1.29 is 9.59 Å². The van der Waals surface area contributed by atoms with Gasteiger partial charge in [0, 0.05) is 10.2 Å². The molecule has 0 spiro atoms. The van der Waals surface area contributed by atoms with E-state index in [0.29, 0.717) is 5.75 Å². The number of thioether (sulfide) groups is 1. The largest absolute Gasteiger partial charge is 0.325 e. The van der Waals surface area contributed by atoms with Gasteiger partial charge >= 0.3 is 0 Å². The van der Waals surface area contributed by atoms with E-state index in [2.05, 4.69) is 21.2 Å². The normalized spacial score (nSPS) is 14.2. The zero-order valence-electron chi connectivity index (χ0n) is 13.7. The molecule has 0 atom stereocenters. The van der Waals surface area contributed by atoms with Gasteiger partial charge in [-0.3, -0.25) is 9.59 Å². The molecule has 128 valence electrons. The lowest BCUT2D eigenvalue weighted by atomic mass is 10.1. The van der Waals surface area contributed by atoms with E-state index < -0.39 is 0 Å². The van der Waals surface area contributed by atoms with E-state index in [1.807, 2.05) is 60.9 Å². The topological polar surface area (TPSA) is 49.4 Å². The van der Waals surface area contributed by atoms with Gasteiger partial charge in [-0.05, 0) is 41.7 Å². The highest BCUT2D eigenvalue weighted by Gasteiger charge is 2.25. The van der Waals surface area contributed by atoms with Crippen LogP contribution in [0.5, 0.6) is 0 Å². The van der Waals surface area contributed by atoms with Gasteiger partial charge in [-0.25, -0.2) is 0 Å². The number of carbonyl (C=O) groups is 2. The molecule has 2 amide bonds. The summed E-state index contributed by atoms with van der Waals surface area (Å²) in [7, 11) is 0. The summed E-state index contributed by atoms with van der Waals surface area (Å²) in [6, 6.07) is 15.3. The van der Waals surface area contributed by atoms with Crippen molar-refractivity contribution in [1.82, 2.24) is 4.90 Å². The molecule has 0 saturated heterocycles. The fourth-order valence-electron chi connectivity index (χ4n) is 2.54. The molecule has 2 aromatic rings. The van der Waals surface area contributed by atoms with Crippen LogP contribution in [-0.4, -0.2) is 29.0 Å². The lowest BCUT2D eigenvalue weighted by Crippen LogP contribution is -2.39. The molecule has 1 aliphatic rings. The van der Waals surface area contributed by atoms with Crippen LogP contribution in [0.4, 0.5) is 5.69 Å². The van der Waals surface area contributed by atoms with E-state index in [1.165, 1.54) is 11.8 Å². The van der Waals surface area contributed by atoms with Crippen LogP contribution < -0.4 is 5.32 Å². The minimum atomic E-state index is -0.219. The van der Waals surface area contributed by atoms with Gasteiger partial charge in [0.15, 0.2) is 0 Å². The number of hydrogen-bond donors (Lipinski definition) is 1. The summed E-state index contributed by atoms with van der Waals surface area (Å²) in [5.41, 5.74) is 3.45. The smallest absolute Gasteiger partial charge is 0.244 e. The van der Waals surface area contributed by atoms with Crippen LogP contribution >= 0.6 is 27.7 Å². The van der Waals surface area contributed by atoms with E-state index in [0.717, 1.165) is 27.0 Å². The predicted octanol–water partition coefficient (Wildman–Crippen LogP) is 4.27. The SMILES string of the molecule is Cc1cc(NC(=O)CN2C(=O)CSC=C2c2ccccc2)ccc1Br. The molecule has 0 unspecified atom stereocenters. The number of amides is 2. The molecule has 6 heteroatoms. The number of rotatable bonds is 4. The molecule has 0 saturated carbocycles. The Morgan fingerprint density at radius 3 is 2.72 bits per heavy atom. The van der Waals surface area contributed by atoms with Crippen LogP contribution in [0, 0.1) is 6.92 Å². The van der Waals surface area contributed by atoms with Gasteiger partial charge in [-0.2, -0.15) is 0 Å². The molecule has 3 rings (SSSR count). The number of hydrogen-bond acceptors (Lipinski definition) is 3. The first-order valence-corrected chi connectivity index (χ1v) is 9.62. The fraction of sp³-hybridized carbons (Fsp3) is 0.158. The Morgan fingerprint density at radius 1 is 1.24 bits per heavy atom. The van der Waals surface area contributed by atoms with Crippen LogP contribution in [-0.2, 0) is 9.59 Å². The molecule has 0 aromatic heterocycles. The lowest BCUT2D eigenvalue weighted by molar-refractivity contribution is -0.129. The number of anilines is 1. The lowest BCUT2D eigenvalue weighted by Gasteiger charge is -2.28. The van der Waals surface area contributed by atoms with Crippen LogP contribution in [0.15, 0.2) is 58.4 Å². The number of nitrogens with zero attached hydrogens (tertiary/aromatic N) is 1. The maximum Gasteiger partial charge on any atom is 0.244 e. The maximum atomic E-state index is 12.4. The Kier molecular flexibility index (Phi) is 5.60. The van der Waals surface area contributed by atoms with Crippen molar-refractivity contribution in [3.8, 4) is 0 Å². The molecule has 1 aliphatic heterocycles. The zero-order chi connectivity index (χ0) is 17.8. The molecular weight excluding hydrogens is 400 g/mol. The van der Waals surface area contributed by atoms with Crippen molar-refractivity contribution in [3.63, 3.8) is 0 Å². The van der Waals surface area contributed by atoms with Gasteiger partial charge in [0.2, 0.25) is 11.8 Å². The molecule has 0 radical (unpaired) electrons. The number of halogens is 1. The summed E-state index contributed by atoms with van der Waals surface area (Å²) in [6.07, 6.45) is 0. The monoisotopic (exact) mass is 416 g/mol. The van der Waals surface area contributed by atoms with Crippen LogP contribution in [0.2, 0.25) is 0 Å². The third-order valence-corrected chi connectivity index (χ3v) is 5.50. The molecule has 25 heavy (non-hydrogen) atoms. The van der Waals surface area contributed by atoms with Crippen molar-refractivity contribution in [3.05, 3.63) is 69.5 Å². The molecule has 2 aromatic carbocycles. The standard InChI is InChI=1S/C19H17BrN2O2S/c1-13-9-15(7-8-16(13)20)21-18(23)10-22-17(11-25-12-19(22)24)14-5-3-2-4-6-14/h2-9,11H,10,12H2,1H3,(H,21,23). The Labute approximate surface area is 159 Å². The molecular formula is C19H17BrN2O2S. The summed E-state index contributed by atoms with van der Waals surface area (Å²) >= 11 is 4.90. The Bertz CT molecular complexity index is 837. The number of benzene rings is 2. The van der Waals surface area contributed by atoms with Crippen LogP contribution in [0.1, 0.15) is 11.1 Å². The average Bonchev–Trinajstić information content (AvgIpc) is 2.61. The molecule has 0 bridgehead atoms. The van der Waals surface area contributed by atoms with Gasteiger partial charge in [-0.15, -0.1) is 11.8 Å². The quantitative estimate of drug-likeness (QED) is 0.809. The summed E-state index contributed by atoms with van der Waals surface area (Å²) in [5.74, 6) is 0.0679. The van der Waals surface area contributed by atoms with E-state index >= 15 is 0 Å². The van der Waals surface area contributed by atoms with Gasteiger partial charge in [0.25, 0.3) is 0 Å². The molecule has 1 heterocycles. The van der Waals surface area contributed by atoms with Gasteiger partial charge in [0.05, 0.1) is 11.4 Å². The van der Waals surface area contributed by atoms with Gasteiger partial charge in [-0.1, -0.05) is 46.3 Å². The number of aryl methyl sites for hydroxylation is 1.